The molecule has 2 aromatic rings. The number of ether oxygens (including phenoxy) is 2. The van der Waals surface area contributed by atoms with Gasteiger partial charge in [-0.15, -0.1) is 0 Å². The van der Waals surface area contributed by atoms with Crippen LogP contribution in [0.5, 0.6) is 5.75 Å². The second-order valence-electron chi connectivity index (χ2n) is 12.8. The number of likely N-dealkylation sites (N-methyl/N-ethyl adjacent to an activating group) is 1. The van der Waals surface area contributed by atoms with Crippen molar-refractivity contribution in [2.24, 2.45) is 5.41 Å². The summed E-state index contributed by atoms with van der Waals surface area (Å²) in [5, 5.41) is 9.74. The Morgan fingerprint density at radius 1 is 1.05 bits per heavy atom. The zero-order valence-electron chi connectivity index (χ0n) is 24.6. The summed E-state index contributed by atoms with van der Waals surface area (Å²) in [6.45, 7) is 6.27. The Kier molecular flexibility index (Phi) is 5.95. The number of hydrogen-bond acceptors (Lipinski definition) is 6. The van der Waals surface area contributed by atoms with Crippen molar-refractivity contribution in [2.45, 2.75) is 83.6 Å². The van der Waals surface area contributed by atoms with E-state index in [0.717, 1.165) is 54.6 Å². The molecule has 1 aromatic carbocycles. The summed E-state index contributed by atoms with van der Waals surface area (Å²) in [5.41, 5.74) is 4.23. The van der Waals surface area contributed by atoms with Crippen LogP contribution in [0.3, 0.4) is 0 Å². The first-order valence-corrected chi connectivity index (χ1v) is 15.0. The molecule has 8 heteroatoms. The molecule has 218 valence electrons. The van der Waals surface area contributed by atoms with Gasteiger partial charge in [0.15, 0.2) is 11.5 Å². The van der Waals surface area contributed by atoms with Gasteiger partial charge in [-0.3, -0.25) is 9.59 Å². The highest BCUT2D eigenvalue weighted by atomic mass is 16.5. The topological polar surface area (TPSA) is 106 Å². The average Bonchev–Trinajstić information content (AvgIpc) is 3.70. The van der Waals surface area contributed by atoms with Crippen molar-refractivity contribution in [3.05, 3.63) is 69.3 Å². The van der Waals surface area contributed by atoms with Gasteiger partial charge in [-0.05, 0) is 81.2 Å². The summed E-state index contributed by atoms with van der Waals surface area (Å²) >= 11 is 0. The fraction of sp³-hybridized carbons (Fsp3) is 0.471. The molecule has 0 unspecified atom stereocenters. The van der Waals surface area contributed by atoms with E-state index in [1.165, 1.54) is 0 Å². The first-order chi connectivity index (χ1) is 20.1. The predicted octanol–water partition coefficient (Wildman–Crippen LogP) is 6.01. The van der Waals surface area contributed by atoms with Gasteiger partial charge in [0.25, 0.3) is 5.91 Å². The normalized spacial score (nSPS) is 23.4. The van der Waals surface area contributed by atoms with E-state index in [1.807, 2.05) is 36.9 Å². The van der Waals surface area contributed by atoms with Crippen LogP contribution in [0.15, 0.2) is 46.9 Å². The van der Waals surface area contributed by atoms with Crippen molar-refractivity contribution in [3.63, 3.8) is 0 Å². The molecule has 2 spiro atoms. The summed E-state index contributed by atoms with van der Waals surface area (Å²) in [7, 11) is 1.60. The average molecular weight is 569 g/mol. The Balaban J connectivity index is 1.46. The number of aryl methyl sites for hydroxylation is 1. The minimum atomic E-state index is -1.09. The number of carboxylic acid groups (broad SMARTS) is 1. The largest absolute Gasteiger partial charge is 0.496 e. The Bertz CT molecular complexity index is 1640. The van der Waals surface area contributed by atoms with Crippen LogP contribution in [0.1, 0.15) is 91.4 Å². The summed E-state index contributed by atoms with van der Waals surface area (Å²) in [6.07, 6.45) is 6.89. The molecule has 7 rings (SSSR count). The molecule has 0 bridgehead atoms. The standard InChI is InChI=1S/C34H36N2O6/c1-5-36-31(38)28-25(17-34(36)13-14-34)42-24-16-33(11-6-12-33)15-22(37)27(24)29(28)26-19(3)20(8-10-23(26)41-4)21-9-7-18(2)30(35-21)32(39)40/h7-10,29H,5-6,11-17H2,1-4H3,(H,39,40)/t29-/m0/s1. The van der Waals surface area contributed by atoms with E-state index < -0.39 is 11.9 Å². The number of aromatic nitrogens is 1. The molecule has 2 fully saturated rings. The fourth-order valence-electron chi connectivity index (χ4n) is 7.94. The molecule has 0 radical (unpaired) electrons. The number of Topliss-reactive ketones (excluding diaryl/α,β-unsaturated/α-hetero) is 1. The molecular formula is C34H36N2O6. The molecule has 2 aliphatic heterocycles. The minimum absolute atomic E-state index is 0.00523. The predicted molar refractivity (Wildman–Crippen MR) is 155 cm³/mol. The number of methoxy groups -OCH3 is 1. The van der Waals surface area contributed by atoms with Crippen molar-refractivity contribution in [3.8, 4) is 17.0 Å². The van der Waals surface area contributed by atoms with Gasteiger partial charge in [0.05, 0.1) is 29.8 Å². The number of hydrogen-bond donors (Lipinski definition) is 1. The second kappa shape index (κ2) is 9.28. The quantitative estimate of drug-likeness (QED) is 0.471. The van der Waals surface area contributed by atoms with E-state index in [-0.39, 0.29) is 28.3 Å². The zero-order valence-corrected chi connectivity index (χ0v) is 24.6. The fourth-order valence-corrected chi connectivity index (χ4v) is 7.94. The zero-order chi connectivity index (χ0) is 29.6. The lowest BCUT2D eigenvalue weighted by Crippen LogP contribution is -2.50. The molecule has 8 nitrogen and oxygen atoms in total. The highest BCUT2D eigenvalue weighted by molar-refractivity contribution is 6.06. The monoisotopic (exact) mass is 568 g/mol. The van der Waals surface area contributed by atoms with Crippen molar-refractivity contribution in [1.82, 2.24) is 9.88 Å². The van der Waals surface area contributed by atoms with Crippen LogP contribution >= 0.6 is 0 Å². The number of rotatable bonds is 5. The Hall–Kier alpha value is -3.94. The van der Waals surface area contributed by atoms with E-state index in [2.05, 4.69) is 4.98 Å². The molecular weight excluding hydrogens is 532 g/mol. The van der Waals surface area contributed by atoms with Crippen LogP contribution in [0.4, 0.5) is 0 Å². The third kappa shape index (κ3) is 3.80. The number of carbonyl (C=O) groups is 3. The van der Waals surface area contributed by atoms with Gasteiger partial charge >= 0.3 is 5.97 Å². The van der Waals surface area contributed by atoms with Crippen molar-refractivity contribution >= 4 is 17.7 Å². The van der Waals surface area contributed by atoms with Gasteiger partial charge in [-0.2, -0.15) is 0 Å². The number of carboxylic acids is 1. The van der Waals surface area contributed by atoms with Gasteiger partial charge in [0, 0.05) is 42.5 Å². The van der Waals surface area contributed by atoms with E-state index in [4.69, 9.17) is 9.47 Å². The van der Waals surface area contributed by atoms with Crippen LogP contribution in [0.25, 0.3) is 11.3 Å². The molecule has 5 aliphatic rings. The summed E-state index contributed by atoms with van der Waals surface area (Å²) in [4.78, 5) is 46.8. The van der Waals surface area contributed by atoms with E-state index in [0.29, 0.717) is 59.7 Å². The minimum Gasteiger partial charge on any atom is -0.496 e. The summed E-state index contributed by atoms with van der Waals surface area (Å²) < 4.78 is 12.6. The number of ketones is 1. The molecule has 3 heterocycles. The van der Waals surface area contributed by atoms with Crippen LogP contribution in [0.2, 0.25) is 0 Å². The van der Waals surface area contributed by atoms with Gasteiger partial charge in [-0.25, -0.2) is 9.78 Å². The lowest BCUT2D eigenvalue weighted by atomic mass is 9.58. The van der Waals surface area contributed by atoms with Crippen molar-refractivity contribution in [2.75, 3.05) is 13.7 Å². The lowest BCUT2D eigenvalue weighted by Gasteiger charge is -2.49. The molecule has 1 atom stereocenters. The maximum Gasteiger partial charge on any atom is 0.354 e. The third-order valence-corrected chi connectivity index (χ3v) is 10.5. The molecule has 1 aromatic heterocycles. The maximum absolute atomic E-state index is 14.4. The Morgan fingerprint density at radius 2 is 1.79 bits per heavy atom. The summed E-state index contributed by atoms with van der Waals surface area (Å²) in [5.74, 6) is 0.244. The molecule has 1 N–H and O–H groups in total. The number of amides is 1. The van der Waals surface area contributed by atoms with Crippen molar-refractivity contribution in [1.29, 1.82) is 0 Å². The smallest absolute Gasteiger partial charge is 0.354 e. The van der Waals surface area contributed by atoms with Crippen LogP contribution < -0.4 is 4.74 Å². The molecule has 1 amide bonds. The first kappa shape index (κ1) is 26.9. The van der Waals surface area contributed by atoms with Crippen LogP contribution in [-0.4, -0.2) is 51.8 Å². The van der Waals surface area contributed by atoms with Crippen LogP contribution in [0, 0.1) is 19.3 Å². The maximum atomic E-state index is 14.4. The Labute approximate surface area is 245 Å². The van der Waals surface area contributed by atoms with Crippen LogP contribution in [-0.2, 0) is 14.3 Å². The van der Waals surface area contributed by atoms with Gasteiger partial charge in [0.2, 0.25) is 0 Å². The molecule has 0 saturated heterocycles. The Morgan fingerprint density at radius 3 is 2.40 bits per heavy atom. The first-order valence-electron chi connectivity index (χ1n) is 15.0. The van der Waals surface area contributed by atoms with Gasteiger partial charge in [0.1, 0.15) is 17.3 Å². The molecule has 42 heavy (non-hydrogen) atoms. The number of aromatic carboxylic acids is 1. The summed E-state index contributed by atoms with van der Waals surface area (Å²) in [6, 6.07) is 7.28. The lowest BCUT2D eigenvalue weighted by molar-refractivity contribution is -0.132. The number of nitrogens with zero attached hydrogens (tertiary/aromatic N) is 2. The third-order valence-electron chi connectivity index (χ3n) is 10.5. The SMILES string of the molecule is CCN1C(=O)C2=C(CC13CC3)OC1=C(C(=O)CC3(CCC3)C1)[C@@H]2c1c(OC)ccc(-c2ccc(C)c(C(=O)O)n2)c1C. The van der Waals surface area contributed by atoms with Gasteiger partial charge < -0.3 is 19.5 Å². The number of carbonyl (C=O) groups excluding carboxylic acids is 2. The number of pyridine rings is 1. The number of allylic oxidation sites excluding steroid dienone is 2. The van der Waals surface area contributed by atoms with E-state index in [1.54, 1.807) is 20.1 Å². The van der Waals surface area contributed by atoms with Crippen molar-refractivity contribution < 1.29 is 29.0 Å². The van der Waals surface area contributed by atoms with E-state index in [9.17, 15) is 19.5 Å². The molecule has 2 saturated carbocycles. The highest BCUT2D eigenvalue weighted by Crippen LogP contribution is 2.61. The molecule has 3 aliphatic carbocycles. The number of benzene rings is 1. The van der Waals surface area contributed by atoms with E-state index >= 15 is 0 Å². The van der Waals surface area contributed by atoms with Gasteiger partial charge in [-0.1, -0.05) is 12.5 Å². The second-order valence-corrected chi connectivity index (χ2v) is 12.8. The highest BCUT2D eigenvalue weighted by Gasteiger charge is 2.58.